The Kier molecular flexibility index (Phi) is 5.70. The Bertz CT molecular complexity index is 356. The number of nitrogens with zero attached hydrogens (tertiary/aromatic N) is 2. The van der Waals surface area contributed by atoms with E-state index in [0.717, 1.165) is 38.0 Å². The molecule has 0 saturated heterocycles. The molecule has 2 rings (SSSR count). The molecule has 4 heteroatoms. The fourth-order valence-corrected chi connectivity index (χ4v) is 2.70. The van der Waals surface area contributed by atoms with Gasteiger partial charge in [0.1, 0.15) is 0 Å². The predicted octanol–water partition coefficient (Wildman–Crippen LogP) is 3.30. The number of anilines is 1. The molecule has 0 aromatic carbocycles. The van der Waals surface area contributed by atoms with Gasteiger partial charge in [0, 0.05) is 38.2 Å². The number of ether oxygens (including phenoxy) is 1. The summed E-state index contributed by atoms with van der Waals surface area (Å²) >= 11 is 0. The molecule has 4 nitrogen and oxygen atoms in total. The highest BCUT2D eigenvalue weighted by molar-refractivity contribution is 5.27. The molecule has 0 bridgehead atoms. The van der Waals surface area contributed by atoms with Crippen LogP contribution in [0.4, 0.5) is 5.95 Å². The van der Waals surface area contributed by atoms with Crippen molar-refractivity contribution in [2.24, 2.45) is 5.92 Å². The third-order valence-electron chi connectivity index (χ3n) is 3.96. The van der Waals surface area contributed by atoms with Gasteiger partial charge in [-0.2, -0.15) is 0 Å². The van der Waals surface area contributed by atoms with Crippen LogP contribution in [0.15, 0.2) is 12.4 Å². The molecule has 108 valence electrons. The van der Waals surface area contributed by atoms with Gasteiger partial charge in [-0.25, -0.2) is 4.98 Å². The van der Waals surface area contributed by atoms with Crippen LogP contribution < -0.4 is 5.32 Å². The molecule has 1 aromatic rings. The molecule has 1 heterocycles. The minimum atomic E-state index is 0.601. The van der Waals surface area contributed by atoms with Crippen LogP contribution >= 0.6 is 0 Å². The monoisotopic (exact) mass is 265 g/mol. The largest absolute Gasteiger partial charge is 0.382 e. The van der Waals surface area contributed by atoms with E-state index in [-0.39, 0.29) is 0 Å². The van der Waals surface area contributed by atoms with Gasteiger partial charge in [0.2, 0.25) is 5.95 Å². The SMILES string of the molecule is CCOCCCn1ccnc1NC1CCC(C)CC1. The van der Waals surface area contributed by atoms with E-state index in [1.165, 1.54) is 25.7 Å². The maximum atomic E-state index is 5.38. The van der Waals surface area contributed by atoms with Gasteiger partial charge in [0.15, 0.2) is 0 Å². The number of aromatic nitrogens is 2. The first-order chi connectivity index (χ1) is 9.29. The molecule has 0 atom stereocenters. The predicted molar refractivity (Wildman–Crippen MR) is 78.4 cm³/mol. The standard InChI is InChI=1S/C15H27N3O/c1-3-19-12-4-10-18-11-9-16-15(18)17-14-7-5-13(2)6-8-14/h9,11,13-14H,3-8,10,12H2,1-2H3,(H,16,17). The van der Waals surface area contributed by atoms with Crippen molar-refractivity contribution in [1.82, 2.24) is 9.55 Å². The van der Waals surface area contributed by atoms with Crippen LogP contribution in [0.3, 0.4) is 0 Å². The maximum Gasteiger partial charge on any atom is 0.202 e. The molecule has 1 fully saturated rings. The fourth-order valence-electron chi connectivity index (χ4n) is 2.70. The van der Waals surface area contributed by atoms with Crippen LogP contribution in [0.25, 0.3) is 0 Å². The van der Waals surface area contributed by atoms with Gasteiger partial charge in [-0.1, -0.05) is 6.92 Å². The Hall–Kier alpha value is -1.03. The van der Waals surface area contributed by atoms with Crippen LogP contribution in [-0.4, -0.2) is 28.8 Å². The summed E-state index contributed by atoms with van der Waals surface area (Å²) < 4.78 is 7.58. The quantitative estimate of drug-likeness (QED) is 0.769. The second-order valence-corrected chi connectivity index (χ2v) is 5.60. The number of aryl methyl sites for hydroxylation is 1. The molecule has 0 radical (unpaired) electrons. The van der Waals surface area contributed by atoms with Crippen molar-refractivity contribution in [3.8, 4) is 0 Å². The van der Waals surface area contributed by atoms with Crippen LogP contribution in [0.1, 0.15) is 46.0 Å². The third-order valence-corrected chi connectivity index (χ3v) is 3.96. The fraction of sp³-hybridized carbons (Fsp3) is 0.800. The maximum absolute atomic E-state index is 5.38. The number of hydrogen-bond donors (Lipinski definition) is 1. The van der Waals surface area contributed by atoms with Gasteiger partial charge in [0.05, 0.1) is 0 Å². The van der Waals surface area contributed by atoms with E-state index in [4.69, 9.17) is 4.74 Å². The van der Waals surface area contributed by atoms with Crippen molar-refractivity contribution in [2.45, 2.75) is 58.5 Å². The summed E-state index contributed by atoms with van der Waals surface area (Å²) in [5.74, 6) is 1.92. The number of nitrogens with one attached hydrogen (secondary N) is 1. The molecule has 19 heavy (non-hydrogen) atoms. The van der Waals surface area contributed by atoms with Gasteiger partial charge >= 0.3 is 0 Å². The van der Waals surface area contributed by atoms with E-state index in [2.05, 4.69) is 28.0 Å². The number of rotatable bonds is 7. The highest BCUT2D eigenvalue weighted by atomic mass is 16.5. The van der Waals surface area contributed by atoms with E-state index in [9.17, 15) is 0 Å². The van der Waals surface area contributed by atoms with Gasteiger partial charge in [-0.3, -0.25) is 0 Å². The smallest absolute Gasteiger partial charge is 0.202 e. The normalized spacial score (nSPS) is 23.5. The zero-order valence-corrected chi connectivity index (χ0v) is 12.3. The lowest BCUT2D eigenvalue weighted by Crippen LogP contribution is -2.26. The molecule has 0 aliphatic heterocycles. The topological polar surface area (TPSA) is 39.1 Å². The van der Waals surface area contributed by atoms with Gasteiger partial charge in [-0.05, 0) is 44.9 Å². The lowest BCUT2D eigenvalue weighted by molar-refractivity contribution is 0.142. The summed E-state index contributed by atoms with van der Waals surface area (Å²) in [6.07, 6.45) is 10.2. The molecule has 1 aromatic heterocycles. The lowest BCUT2D eigenvalue weighted by atomic mass is 9.87. The highest BCUT2D eigenvalue weighted by Gasteiger charge is 2.19. The van der Waals surface area contributed by atoms with Crippen molar-refractivity contribution in [2.75, 3.05) is 18.5 Å². The number of imidazole rings is 1. The first-order valence-corrected chi connectivity index (χ1v) is 7.65. The second kappa shape index (κ2) is 7.53. The van der Waals surface area contributed by atoms with Crippen molar-refractivity contribution in [3.05, 3.63) is 12.4 Å². The molecular formula is C15H27N3O. The van der Waals surface area contributed by atoms with Crippen molar-refractivity contribution in [3.63, 3.8) is 0 Å². The summed E-state index contributed by atoms with van der Waals surface area (Å²) in [4.78, 5) is 4.44. The Labute approximate surface area is 116 Å². The van der Waals surface area contributed by atoms with E-state index in [0.29, 0.717) is 6.04 Å². The summed E-state index contributed by atoms with van der Waals surface area (Å²) in [5.41, 5.74) is 0. The Morgan fingerprint density at radius 1 is 1.37 bits per heavy atom. The molecule has 1 saturated carbocycles. The molecule has 0 unspecified atom stereocenters. The van der Waals surface area contributed by atoms with E-state index < -0.39 is 0 Å². The van der Waals surface area contributed by atoms with Crippen LogP contribution in [0, 0.1) is 5.92 Å². The Morgan fingerprint density at radius 3 is 2.89 bits per heavy atom. The first-order valence-electron chi connectivity index (χ1n) is 7.65. The summed E-state index contributed by atoms with van der Waals surface area (Å²) in [6, 6.07) is 0.601. The van der Waals surface area contributed by atoms with E-state index >= 15 is 0 Å². The Morgan fingerprint density at radius 2 is 2.16 bits per heavy atom. The van der Waals surface area contributed by atoms with E-state index in [1.54, 1.807) is 0 Å². The summed E-state index contributed by atoms with van der Waals surface area (Å²) in [6.45, 7) is 7.00. The lowest BCUT2D eigenvalue weighted by Gasteiger charge is -2.27. The minimum absolute atomic E-state index is 0.601. The van der Waals surface area contributed by atoms with Crippen molar-refractivity contribution >= 4 is 5.95 Å². The third kappa shape index (κ3) is 4.53. The molecule has 0 amide bonds. The van der Waals surface area contributed by atoms with Crippen LogP contribution in [-0.2, 0) is 11.3 Å². The van der Waals surface area contributed by atoms with Gasteiger partial charge in [-0.15, -0.1) is 0 Å². The highest BCUT2D eigenvalue weighted by Crippen LogP contribution is 2.25. The van der Waals surface area contributed by atoms with Crippen LogP contribution in [0.5, 0.6) is 0 Å². The molecule has 1 N–H and O–H groups in total. The van der Waals surface area contributed by atoms with Crippen LogP contribution in [0.2, 0.25) is 0 Å². The molecule has 1 aliphatic rings. The average Bonchev–Trinajstić information content (AvgIpc) is 2.85. The Balaban J connectivity index is 1.78. The van der Waals surface area contributed by atoms with Gasteiger partial charge < -0.3 is 14.6 Å². The van der Waals surface area contributed by atoms with E-state index in [1.807, 2.05) is 13.1 Å². The van der Waals surface area contributed by atoms with Crippen molar-refractivity contribution in [1.29, 1.82) is 0 Å². The average molecular weight is 265 g/mol. The summed E-state index contributed by atoms with van der Waals surface area (Å²) in [7, 11) is 0. The second-order valence-electron chi connectivity index (χ2n) is 5.60. The minimum Gasteiger partial charge on any atom is -0.382 e. The molecule has 1 aliphatic carbocycles. The zero-order valence-electron chi connectivity index (χ0n) is 12.3. The van der Waals surface area contributed by atoms with Gasteiger partial charge in [0.25, 0.3) is 0 Å². The molecular weight excluding hydrogens is 238 g/mol. The molecule has 0 spiro atoms. The van der Waals surface area contributed by atoms with Crippen molar-refractivity contribution < 1.29 is 4.74 Å². The zero-order chi connectivity index (χ0) is 13.5. The first kappa shape index (κ1) is 14.4. The number of hydrogen-bond acceptors (Lipinski definition) is 3. The summed E-state index contributed by atoms with van der Waals surface area (Å²) in [5, 5.41) is 3.60.